The van der Waals surface area contributed by atoms with Crippen molar-refractivity contribution in [2.45, 2.75) is 27.7 Å². The molecule has 2 aromatic heterocycles. The lowest BCUT2D eigenvalue weighted by Crippen LogP contribution is -2.24. The molecule has 0 radical (unpaired) electrons. The van der Waals surface area contributed by atoms with Gasteiger partial charge in [-0.2, -0.15) is 10.1 Å². The summed E-state index contributed by atoms with van der Waals surface area (Å²) >= 11 is 0. The molecule has 36 heavy (non-hydrogen) atoms. The number of esters is 1. The Balaban J connectivity index is 1.75. The highest BCUT2D eigenvalue weighted by Crippen LogP contribution is 2.33. The first-order chi connectivity index (χ1) is 17.2. The molecule has 0 atom stereocenters. The molecule has 3 rings (SSSR count). The van der Waals surface area contributed by atoms with Crippen molar-refractivity contribution in [2.24, 2.45) is 12.1 Å². The van der Waals surface area contributed by atoms with Crippen LogP contribution in [0.4, 0.5) is 0 Å². The number of hydrogen-bond donors (Lipinski definition) is 2. The number of hydrogen-bond acceptors (Lipinski definition) is 8. The number of ether oxygens (including phenoxy) is 3. The molecule has 0 aliphatic carbocycles. The smallest absolute Gasteiger partial charge is 0.345 e. The van der Waals surface area contributed by atoms with Crippen molar-refractivity contribution in [1.82, 2.24) is 20.0 Å². The average Bonchev–Trinajstić information content (AvgIpc) is 3.08. The largest absolute Gasteiger partial charge is 0.493 e. The molecule has 0 aliphatic rings. The SMILES string of the molecule is CCOC(=O)c1c(-c2ccc(OCC(=O)N/N=C/c3cc(C)n(C)c3C)c(OC)c2)nc(=O)[nH]c1C. The van der Waals surface area contributed by atoms with Crippen LogP contribution >= 0.6 is 0 Å². The van der Waals surface area contributed by atoms with Gasteiger partial charge in [0.1, 0.15) is 5.56 Å². The minimum atomic E-state index is -0.605. The standard InChI is InChI=1S/C25H29N5O6/c1-7-35-24(32)22-15(3)27-25(33)28-23(22)17-8-9-19(20(11-17)34-6)36-13-21(31)29-26-12-18-10-14(2)30(5)16(18)4/h8-12H,7,13H2,1-6H3,(H,29,31)(H,27,28,33)/b26-12+. The number of carbonyl (C=O) groups excluding carboxylic acids is 2. The Morgan fingerprint density at radius 1 is 1.19 bits per heavy atom. The van der Waals surface area contributed by atoms with Crippen LogP contribution in [0.3, 0.4) is 0 Å². The van der Waals surface area contributed by atoms with E-state index in [-0.39, 0.29) is 36.0 Å². The Morgan fingerprint density at radius 2 is 1.94 bits per heavy atom. The number of nitrogens with zero attached hydrogens (tertiary/aromatic N) is 3. The molecule has 1 aromatic carbocycles. The minimum absolute atomic E-state index is 0.147. The summed E-state index contributed by atoms with van der Waals surface area (Å²) in [4.78, 5) is 43.2. The molecule has 0 saturated carbocycles. The molecule has 190 valence electrons. The second kappa shape index (κ2) is 11.3. The van der Waals surface area contributed by atoms with E-state index in [2.05, 4.69) is 20.5 Å². The fraction of sp³-hybridized carbons (Fsp3) is 0.320. The molecule has 2 heterocycles. The number of hydrazone groups is 1. The number of H-pyrrole nitrogens is 1. The predicted molar refractivity (Wildman–Crippen MR) is 134 cm³/mol. The molecule has 11 nitrogen and oxygen atoms in total. The lowest BCUT2D eigenvalue weighted by molar-refractivity contribution is -0.123. The number of carbonyl (C=O) groups is 2. The molecule has 0 aliphatic heterocycles. The summed E-state index contributed by atoms with van der Waals surface area (Å²) in [7, 11) is 3.39. The summed E-state index contributed by atoms with van der Waals surface area (Å²) in [5, 5.41) is 3.99. The second-order valence-corrected chi connectivity index (χ2v) is 7.94. The maximum atomic E-state index is 12.5. The maximum Gasteiger partial charge on any atom is 0.345 e. The highest BCUT2D eigenvalue weighted by atomic mass is 16.5. The predicted octanol–water partition coefficient (Wildman–Crippen LogP) is 2.42. The van der Waals surface area contributed by atoms with Crippen LogP contribution in [0.2, 0.25) is 0 Å². The van der Waals surface area contributed by atoms with Crippen molar-refractivity contribution in [1.29, 1.82) is 0 Å². The van der Waals surface area contributed by atoms with E-state index in [0.717, 1.165) is 17.0 Å². The number of aryl methyl sites for hydroxylation is 2. The average molecular weight is 496 g/mol. The fourth-order valence-electron chi connectivity index (χ4n) is 3.55. The van der Waals surface area contributed by atoms with Crippen LogP contribution in [0.25, 0.3) is 11.3 Å². The van der Waals surface area contributed by atoms with Gasteiger partial charge in [-0.05, 0) is 52.0 Å². The van der Waals surface area contributed by atoms with Gasteiger partial charge in [0.2, 0.25) is 0 Å². The van der Waals surface area contributed by atoms with Crippen LogP contribution in [-0.2, 0) is 16.6 Å². The molecule has 0 fully saturated rings. The first-order valence-corrected chi connectivity index (χ1v) is 11.2. The summed E-state index contributed by atoms with van der Waals surface area (Å²) in [6.45, 7) is 7.09. The van der Waals surface area contributed by atoms with E-state index in [1.165, 1.54) is 7.11 Å². The maximum absolute atomic E-state index is 12.5. The molecule has 0 bridgehead atoms. The van der Waals surface area contributed by atoms with Crippen molar-refractivity contribution in [3.05, 3.63) is 63.0 Å². The van der Waals surface area contributed by atoms with Crippen LogP contribution in [0, 0.1) is 20.8 Å². The van der Waals surface area contributed by atoms with Crippen LogP contribution in [-0.4, -0.2) is 52.9 Å². The van der Waals surface area contributed by atoms with Gasteiger partial charge < -0.3 is 23.8 Å². The molecular weight excluding hydrogens is 466 g/mol. The van der Waals surface area contributed by atoms with Crippen molar-refractivity contribution >= 4 is 18.1 Å². The Labute approximate surface area is 208 Å². The number of methoxy groups -OCH3 is 1. The van der Waals surface area contributed by atoms with Crippen LogP contribution < -0.4 is 20.6 Å². The third-order valence-electron chi connectivity index (χ3n) is 5.60. The number of nitrogens with one attached hydrogen (secondary N) is 2. The molecule has 0 unspecified atom stereocenters. The summed E-state index contributed by atoms with van der Waals surface area (Å²) in [6, 6.07) is 6.71. The first-order valence-electron chi connectivity index (χ1n) is 11.2. The molecule has 3 aromatic rings. The van der Waals surface area contributed by atoms with E-state index in [1.54, 1.807) is 38.3 Å². The van der Waals surface area contributed by atoms with Crippen molar-refractivity contribution in [3.63, 3.8) is 0 Å². The fourth-order valence-corrected chi connectivity index (χ4v) is 3.55. The van der Waals surface area contributed by atoms with Crippen molar-refractivity contribution < 1.29 is 23.8 Å². The van der Waals surface area contributed by atoms with Gasteiger partial charge in [0.15, 0.2) is 18.1 Å². The van der Waals surface area contributed by atoms with Gasteiger partial charge in [-0.1, -0.05) is 0 Å². The van der Waals surface area contributed by atoms with E-state index < -0.39 is 17.6 Å². The Hall–Kier alpha value is -4.41. The third-order valence-corrected chi connectivity index (χ3v) is 5.60. The van der Waals surface area contributed by atoms with Gasteiger partial charge in [-0.25, -0.2) is 15.0 Å². The lowest BCUT2D eigenvalue weighted by Gasteiger charge is -2.14. The number of aromatic nitrogens is 3. The second-order valence-electron chi connectivity index (χ2n) is 7.94. The van der Waals surface area contributed by atoms with Crippen molar-refractivity contribution in [2.75, 3.05) is 20.3 Å². The van der Waals surface area contributed by atoms with Crippen molar-refractivity contribution in [3.8, 4) is 22.8 Å². The van der Waals surface area contributed by atoms with Gasteiger partial charge in [0.05, 0.1) is 25.6 Å². The van der Waals surface area contributed by atoms with E-state index >= 15 is 0 Å². The molecule has 2 N–H and O–H groups in total. The third kappa shape index (κ3) is 5.80. The summed E-state index contributed by atoms with van der Waals surface area (Å²) in [5.74, 6) is -0.492. The van der Waals surface area contributed by atoms with E-state index in [9.17, 15) is 14.4 Å². The molecule has 0 saturated heterocycles. The monoisotopic (exact) mass is 495 g/mol. The number of amides is 1. The number of benzene rings is 1. The summed E-state index contributed by atoms with van der Waals surface area (Å²) in [5.41, 5.74) is 5.92. The lowest BCUT2D eigenvalue weighted by atomic mass is 10.0. The molecule has 11 heteroatoms. The molecule has 0 spiro atoms. The quantitative estimate of drug-likeness (QED) is 0.264. The number of aromatic amines is 1. The Morgan fingerprint density at radius 3 is 2.58 bits per heavy atom. The van der Waals surface area contributed by atoms with Crippen LogP contribution in [0.1, 0.15) is 39.9 Å². The zero-order valence-electron chi connectivity index (χ0n) is 21.1. The highest BCUT2D eigenvalue weighted by molar-refractivity contribution is 5.97. The van der Waals surface area contributed by atoms with Gasteiger partial charge in [0, 0.05) is 35.3 Å². The zero-order valence-corrected chi connectivity index (χ0v) is 21.1. The van der Waals surface area contributed by atoms with Crippen LogP contribution in [0.5, 0.6) is 11.5 Å². The Bertz CT molecular complexity index is 1370. The highest BCUT2D eigenvalue weighted by Gasteiger charge is 2.21. The zero-order chi connectivity index (χ0) is 26.4. The van der Waals surface area contributed by atoms with Gasteiger partial charge in [-0.15, -0.1) is 0 Å². The molecule has 1 amide bonds. The van der Waals surface area contributed by atoms with Crippen LogP contribution in [0.15, 0.2) is 34.2 Å². The topological polar surface area (TPSA) is 137 Å². The van der Waals surface area contributed by atoms with E-state index in [4.69, 9.17) is 14.2 Å². The minimum Gasteiger partial charge on any atom is -0.493 e. The number of rotatable bonds is 9. The first kappa shape index (κ1) is 26.2. The van der Waals surface area contributed by atoms with E-state index in [0.29, 0.717) is 11.3 Å². The summed E-state index contributed by atoms with van der Waals surface area (Å²) in [6.07, 6.45) is 1.58. The normalized spacial score (nSPS) is 10.9. The Kier molecular flexibility index (Phi) is 8.26. The van der Waals surface area contributed by atoms with Gasteiger partial charge in [-0.3, -0.25) is 4.79 Å². The van der Waals surface area contributed by atoms with E-state index in [1.807, 2.05) is 31.5 Å². The molecular formula is C25H29N5O6. The van der Waals surface area contributed by atoms with Gasteiger partial charge >= 0.3 is 11.7 Å². The van der Waals surface area contributed by atoms with Gasteiger partial charge in [0.25, 0.3) is 5.91 Å². The summed E-state index contributed by atoms with van der Waals surface area (Å²) < 4.78 is 18.1.